The van der Waals surface area contributed by atoms with E-state index in [9.17, 15) is 39.5 Å². The van der Waals surface area contributed by atoms with Gasteiger partial charge in [-0.25, -0.2) is 0 Å². The van der Waals surface area contributed by atoms with E-state index in [1.807, 2.05) is 0 Å². The molecule has 2 atom stereocenters. The summed E-state index contributed by atoms with van der Waals surface area (Å²) in [5, 5.41) is 32.3. The molecule has 0 bridgehead atoms. The van der Waals surface area contributed by atoms with Crippen LogP contribution in [0.25, 0.3) is 0 Å². The van der Waals surface area contributed by atoms with Gasteiger partial charge in [-0.15, -0.1) is 0 Å². The van der Waals surface area contributed by atoms with Gasteiger partial charge in [0, 0.05) is 50.5 Å². The van der Waals surface area contributed by atoms with Gasteiger partial charge >= 0.3 is 15.0 Å². The molecular formula is C21H17N5O10P2. The third-order valence-corrected chi connectivity index (χ3v) is 12.9. The molecule has 2 aliphatic heterocycles. The van der Waals surface area contributed by atoms with Gasteiger partial charge in [0.2, 0.25) is 0 Å². The summed E-state index contributed by atoms with van der Waals surface area (Å²) in [7, 11) is -5.88. The SMILES string of the molecule is CN1c2cc([N+](=O)[O-])ccc2OP1(=O)C(c1ccc([N+](=O)[O-])cc1)P1(=O)Oc2ccc([N+](=O)[O-])cc2N1C. The van der Waals surface area contributed by atoms with Crippen LogP contribution in [0.4, 0.5) is 28.4 Å². The zero-order valence-corrected chi connectivity index (χ0v) is 21.4. The Morgan fingerprint density at radius 3 is 1.39 bits per heavy atom. The fourth-order valence-electron chi connectivity index (χ4n) is 4.36. The van der Waals surface area contributed by atoms with Crippen molar-refractivity contribution in [1.29, 1.82) is 0 Å². The van der Waals surface area contributed by atoms with Gasteiger partial charge in [0.05, 0.1) is 26.1 Å². The number of anilines is 2. The predicted octanol–water partition coefficient (Wildman–Crippen LogP) is 5.85. The summed E-state index contributed by atoms with van der Waals surface area (Å²) in [5.74, 6) is 0.0740. The van der Waals surface area contributed by atoms with Crippen molar-refractivity contribution in [3.8, 4) is 11.5 Å². The number of hydrogen-bond donors (Lipinski definition) is 0. The van der Waals surface area contributed by atoms with Crippen molar-refractivity contribution in [2.24, 2.45) is 0 Å². The van der Waals surface area contributed by atoms with E-state index < -0.39 is 35.2 Å². The Kier molecular flexibility index (Phi) is 5.66. The molecule has 0 radical (unpaired) electrons. The van der Waals surface area contributed by atoms with Crippen LogP contribution in [-0.4, -0.2) is 28.9 Å². The van der Waals surface area contributed by atoms with Crippen LogP contribution < -0.4 is 18.4 Å². The van der Waals surface area contributed by atoms with E-state index in [0.29, 0.717) is 0 Å². The Morgan fingerprint density at radius 1 is 0.658 bits per heavy atom. The van der Waals surface area contributed by atoms with Gasteiger partial charge in [-0.05, 0) is 17.7 Å². The second-order valence-corrected chi connectivity index (χ2v) is 13.7. The first kappa shape index (κ1) is 25.2. The van der Waals surface area contributed by atoms with Crippen LogP contribution in [0, 0.1) is 30.3 Å². The number of nitrogens with zero attached hydrogens (tertiary/aromatic N) is 5. The minimum absolute atomic E-state index is 0.0370. The van der Waals surface area contributed by atoms with Crippen molar-refractivity contribution in [2.45, 2.75) is 5.40 Å². The van der Waals surface area contributed by atoms with Crippen LogP contribution in [-0.2, 0) is 9.13 Å². The average Bonchev–Trinajstić information content (AvgIpc) is 3.28. The minimum Gasteiger partial charge on any atom is -0.426 e. The van der Waals surface area contributed by atoms with E-state index in [1.54, 1.807) is 0 Å². The van der Waals surface area contributed by atoms with E-state index in [4.69, 9.17) is 9.05 Å². The lowest BCUT2D eigenvalue weighted by Crippen LogP contribution is -2.23. The molecule has 3 aromatic carbocycles. The van der Waals surface area contributed by atoms with Crippen molar-refractivity contribution in [3.05, 3.63) is 96.6 Å². The lowest BCUT2D eigenvalue weighted by Gasteiger charge is -2.34. The molecule has 196 valence electrons. The largest absolute Gasteiger partial charge is 0.426 e. The summed E-state index contributed by atoms with van der Waals surface area (Å²) < 4.78 is 43.4. The van der Waals surface area contributed by atoms with Crippen molar-refractivity contribution < 1.29 is 32.9 Å². The highest BCUT2D eigenvalue weighted by atomic mass is 31.2. The molecule has 2 heterocycles. The molecule has 0 saturated carbocycles. The molecule has 0 fully saturated rings. The van der Waals surface area contributed by atoms with E-state index in [2.05, 4.69) is 0 Å². The number of fused-ring (bicyclic) bond motifs is 2. The average molecular weight is 561 g/mol. The standard InChI is InChI=1S/C21H17N5O10P2/c1-22-17-11-15(25(29)30)7-9-19(17)35-37(22,33)21(13-3-5-14(6-4-13)24(27)28)38(34)23(2)18-12-16(26(31)32)8-10-20(18)36-38/h3-12,21H,1-2H3. The Hall–Kier alpha value is -4.48. The molecule has 0 amide bonds. The molecule has 0 aromatic heterocycles. The number of non-ortho nitro benzene ring substituents is 3. The zero-order valence-electron chi connectivity index (χ0n) is 19.6. The van der Waals surface area contributed by atoms with E-state index in [1.165, 1.54) is 50.5 Å². The van der Waals surface area contributed by atoms with Crippen LogP contribution >= 0.6 is 15.0 Å². The number of benzene rings is 3. The topological polar surface area (TPSA) is 188 Å². The van der Waals surface area contributed by atoms with Gasteiger partial charge in [-0.1, -0.05) is 12.1 Å². The monoisotopic (exact) mass is 561 g/mol. The molecule has 0 spiro atoms. The normalized spacial score (nSPS) is 22.2. The van der Waals surface area contributed by atoms with Gasteiger partial charge in [0.25, 0.3) is 17.1 Å². The number of hydrogen-bond acceptors (Lipinski definition) is 10. The maximum absolute atomic E-state index is 14.7. The van der Waals surface area contributed by atoms with Crippen LogP contribution in [0.3, 0.4) is 0 Å². The first-order valence-electron chi connectivity index (χ1n) is 10.7. The van der Waals surface area contributed by atoms with Crippen LogP contribution in [0.15, 0.2) is 60.7 Å². The quantitative estimate of drug-likeness (QED) is 0.198. The Balaban J connectivity index is 1.68. The highest BCUT2D eigenvalue weighted by Crippen LogP contribution is 2.83. The van der Waals surface area contributed by atoms with Gasteiger partial charge in [0.1, 0.15) is 0 Å². The summed E-state index contributed by atoms with van der Waals surface area (Å²) in [6.07, 6.45) is 0. The first-order valence-corrected chi connectivity index (χ1v) is 14.0. The van der Waals surface area contributed by atoms with Crippen LogP contribution in [0.5, 0.6) is 11.5 Å². The molecule has 0 saturated heterocycles. The fraction of sp³-hybridized carbons (Fsp3) is 0.143. The molecule has 2 unspecified atom stereocenters. The first-order chi connectivity index (χ1) is 17.9. The molecule has 3 aromatic rings. The van der Waals surface area contributed by atoms with E-state index in [0.717, 1.165) is 33.6 Å². The van der Waals surface area contributed by atoms with Crippen molar-refractivity contribution in [3.63, 3.8) is 0 Å². The van der Waals surface area contributed by atoms with Crippen LogP contribution in [0.2, 0.25) is 0 Å². The molecular weight excluding hydrogens is 544 g/mol. The molecule has 0 N–H and O–H groups in total. The molecule has 17 heteroatoms. The summed E-state index contributed by atoms with van der Waals surface area (Å²) in [6.45, 7) is 0. The van der Waals surface area contributed by atoms with Crippen LogP contribution in [0.1, 0.15) is 11.0 Å². The predicted molar refractivity (Wildman–Crippen MR) is 135 cm³/mol. The summed E-state index contributed by atoms with van der Waals surface area (Å²) >= 11 is 0. The third-order valence-electron chi connectivity index (χ3n) is 6.32. The fourth-order valence-corrected chi connectivity index (χ4v) is 11.0. The number of nitro benzene ring substituents is 3. The molecule has 38 heavy (non-hydrogen) atoms. The second kappa shape index (κ2) is 8.54. The Bertz CT molecular complexity index is 1540. The lowest BCUT2D eigenvalue weighted by atomic mass is 10.2. The Morgan fingerprint density at radius 2 is 1.03 bits per heavy atom. The summed E-state index contributed by atoms with van der Waals surface area (Å²) in [6, 6.07) is 12.0. The second-order valence-electron chi connectivity index (χ2n) is 8.40. The number of rotatable bonds is 6. The van der Waals surface area contributed by atoms with Gasteiger partial charge in [0.15, 0.2) is 16.9 Å². The molecule has 15 nitrogen and oxygen atoms in total. The van der Waals surface area contributed by atoms with E-state index >= 15 is 0 Å². The third kappa shape index (κ3) is 3.66. The highest BCUT2D eigenvalue weighted by Gasteiger charge is 2.61. The van der Waals surface area contributed by atoms with Crippen molar-refractivity contribution in [1.82, 2.24) is 0 Å². The molecule has 0 aliphatic carbocycles. The zero-order chi connectivity index (χ0) is 27.6. The van der Waals surface area contributed by atoms with E-state index in [-0.39, 0.29) is 45.5 Å². The highest BCUT2D eigenvalue weighted by molar-refractivity contribution is 7.79. The Labute approximate surface area is 213 Å². The molecule has 2 aliphatic rings. The maximum atomic E-state index is 14.7. The minimum atomic E-state index is -4.30. The summed E-state index contributed by atoms with van der Waals surface area (Å²) in [4.78, 5) is 31.9. The molecule has 5 rings (SSSR count). The van der Waals surface area contributed by atoms with Gasteiger partial charge in [-0.2, -0.15) is 0 Å². The van der Waals surface area contributed by atoms with Gasteiger partial charge in [-0.3, -0.25) is 48.8 Å². The smallest absolute Gasteiger partial charge is 0.363 e. The van der Waals surface area contributed by atoms with Crippen molar-refractivity contribution >= 4 is 43.5 Å². The summed E-state index contributed by atoms with van der Waals surface area (Å²) in [5.41, 5.74) is -0.541. The maximum Gasteiger partial charge on any atom is 0.363 e. The van der Waals surface area contributed by atoms with Crippen molar-refractivity contribution in [2.75, 3.05) is 23.4 Å². The lowest BCUT2D eigenvalue weighted by molar-refractivity contribution is -0.385. The number of nitro groups is 3. The van der Waals surface area contributed by atoms with Gasteiger partial charge < -0.3 is 9.05 Å².